The van der Waals surface area contributed by atoms with Crippen LogP contribution in [0.4, 0.5) is 4.39 Å². The quantitative estimate of drug-likeness (QED) is 0.639. The van der Waals surface area contributed by atoms with Crippen LogP contribution >= 0.6 is 0 Å². The Bertz CT molecular complexity index is 171. The fourth-order valence-corrected chi connectivity index (χ4v) is 3.26. The van der Waals surface area contributed by atoms with E-state index in [-0.39, 0.29) is 6.67 Å². The van der Waals surface area contributed by atoms with Crippen LogP contribution in [-0.4, -0.2) is 30.7 Å². The van der Waals surface area contributed by atoms with Crippen LogP contribution in [0.2, 0.25) is 0 Å². The third kappa shape index (κ3) is 1.74. The average Bonchev–Trinajstić information content (AvgIpc) is 2.46. The molecular formula is C11H20FN. The molecule has 0 amide bonds. The first-order valence-corrected chi connectivity index (χ1v) is 5.63. The van der Waals surface area contributed by atoms with E-state index in [1.54, 1.807) is 0 Å². The Labute approximate surface area is 80.3 Å². The number of halogens is 1. The minimum atomic E-state index is -0.171. The van der Waals surface area contributed by atoms with Crippen LogP contribution < -0.4 is 0 Å². The van der Waals surface area contributed by atoms with Gasteiger partial charge in [0, 0.05) is 19.1 Å². The summed E-state index contributed by atoms with van der Waals surface area (Å²) < 4.78 is 12.3. The molecule has 0 spiro atoms. The molecule has 1 saturated heterocycles. The molecule has 76 valence electrons. The molecule has 0 radical (unpaired) electrons. The number of likely N-dealkylation sites (tertiary alicyclic amines) is 1. The molecule has 2 aliphatic rings. The van der Waals surface area contributed by atoms with Crippen molar-refractivity contribution in [2.75, 3.05) is 19.8 Å². The van der Waals surface area contributed by atoms with Crippen molar-refractivity contribution in [2.45, 2.75) is 38.6 Å². The lowest BCUT2D eigenvalue weighted by Gasteiger charge is -2.31. The second-order valence-corrected chi connectivity index (χ2v) is 4.68. The lowest BCUT2D eigenvalue weighted by molar-refractivity contribution is 0.170. The van der Waals surface area contributed by atoms with Gasteiger partial charge >= 0.3 is 0 Å². The number of rotatable bonds is 2. The van der Waals surface area contributed by atoms with Gasteiger partial charge < -0.3 is 0 Å². The van der Waals surface area contributed by atoms with E-state index in [4.69, 9.17) is 0 Å². The molecular weight excluding hydrogens is 165 g/mol. The topological polar surface area (TPSA) is 3.24 Å². The van der Waals surface area contributed by atoms with Crippen molar-refractivity contribution in [3.05, 3.63) is 0 Å². The van der Waals surface area contributed by atoms with E-state index in [0.29, 0.717) is 6.54 Å². The van der Waals surface area contributed by atoms with Crippen LogP contribution in [0.5, 0.6) is 0 Å². The highest BCUT2D eigenvalue weighted by molar-refractivity contribution is 4.93. The molecule has 1 aliphatic carbocycles. The minimum Gasteiger partial charge on any atom is -0.297 e. The Morgan fingerprint density at radius 1 is 1.31 bits per heavy atom. The van der Waals surface area contributed by atoms with Crippen LogP contribution in [0.15, 0.2) is 0 Å². The number of hydrogen-bond donors (Lipinski definition) is 0. The van der Waals surface area contributed by atoms with Gasteiger partial charge in [0.2, 0.25) is 0 Å². The zero-order valence-electron chi connectivity index (χ0n) is 8.51. The van der Waals surface area contributed by atoms with Crippen molar-refractivity contribution < 1.29 is 4.39 Å². The summed E-state index contributed by atoms with van der Waals surface area (Å²) in [5.74, 6) is 1.68. The van der Waals surface area contributed by atoms with Crippen LogP contribution in [0.3, 0.4) is 0 Å². The molecule has 0 aromatic carbocycles. The molecule has 0 N–H and O–H groups in total. The maximum absolute atomic E-state index is 12.3. The fourth-order valence-electron chi connectivity index (χ4n) is 3.26. The number of fused-ring (bicyclic) bond motifs is 1. The summed E-state index contributed by atoms with van der Waals surface area (Å²) in [4.78, 5) is 2.38. The molecule has 0 aromatic rings. The van der Waals surface area contributed by atoms with Gasteiger partial charge in [0.25, 0.3) is 0 Å². The van der Waals surface area contributed by atoms with Crippen molar-refractivity contribution in [3.63, 3.8) is 0 Å². The lowest BCUT2D eigenvalue weighted by atomic mass is 9.80. The van der Waals surface area contributed by atoms with Crippen LogP contribution in [0.1, 0.15) is 32.6 Å². The highest BCUT2D eigenvalue weighted by Gasteiger charge is 2.39. The summed E-state index contributed by atoms with van der Waals surface area (Å²) in [6.45, 7) is 3.97. The van der Waals surface area contributed by atoms with E-state index in [9.17, 15) is 4.39 Å². The largest absolute Gasteiger partial charge is 0.297 e. The smallest absolute Gasteiger partial charge is 0.102 e. The molecule has 0 aromatic heterocycles. The Kier molecular flexibility index (Phi) is 2.87. The molecule has 1 heterocycles. The first-order valence-electron chi connectivity index (χ1n) is 5.63. The summed E-state index contributed by atoms with van der Waals surface area (Å²) in [5, 5.41) is 0. The van der Waals surface area contributed by atoms with Crippen LogP contribution in [-0.2, 0) is 0 Å². The van der Waals surface area contributed by atoms with Gasteiger partial charge in [-0.05, 0) is 24.7 Å². The third-order valence-electron chi connectivity index (χ3n) is 3.88. The number of nitrogens with zero attached hydrogens (tertiary/aromatic N) is 1. The Morgan fingerprint density at radius 2 is 2.08 bits per heavy atom. The van der Waals surface area contributed by atoms with Gasteiger partial charge in [-0.1, -0.05) is 19.8 Å². The second kappa shape index (κ2) is 3.95. The normalized spacial score (nSPS) is 40.6. The van der Waals surface area contributed by atoms with Gasteiger partial charge in [-0.3, -0.25) is 4.90 Å². The van der Waals surface area contributed by atoms with E-state index in [0.717, 1.165) is 24.4 Å². The summed E-state index contributed by atoms with van der Waals surface area (Å²) >= 11 is 0. The van der Waals surface area contributed by atoms with Gasteiger partial charge in [-0.2, -0.15) is 0 Å². The lowest BCUT2D eigenvalue weighted by Crippen LogP contribution is -2.36. The Balaban J connectivity index is 1.99. The molecule has 3 unspecified atom stereocenters. The van der Waals surface area contributed by atoms with Crippen molar-refractivity contribution >= 4 is 0 Å². The van der Waals surface area contributed by atoms with E-state index in [2.05, 4.69) is 11.8 Å². The third-order valence-corrected chi connectivity index (χ3v) is 3.88. The molecule has 3 atom stereocenters. The summed E-state index contributed by atoms with van der Waals surface area (Å²) in [7, 11) is 0. The van der Waals surface area contributed by atoms with Crippen molar-refractivity contribution in [1.82, 2.24) is 4.90 Å². The molecule has 1 saturated carbocycles. The van der Waals surface area contributed by atoms with Gasteiger partial charge in [-0.15, -0.1) is 0 Å². The molecule has 2 rings (SSSR count). The van der Waals surface area contributed by atoms with E-state index in [1.165, 1.54) is 25.7 Å². The molecule has 2 heteroatoms. The molecule has 0 bridgehead atoms. The Morgan fingerprint density at radius 3 is 2.85 bits per heavy atom. The zero-order valence-corrected chi connectivity index (χ0v) is 8.51. The van der Waals surface area contributed by atoms with E-state index >= 15 is 0 Å². The highest BCUT2D eigenvalue weighted by atomic mass is 19.1. The molecule has 13 heavy (non-hydrogen) atoms. The summed E-state index contributed by atoms with van der Waals surface area (Å²) in [5.41, 5.74) is 0. The maximum Gasteiger partial charge on any atom is 0.102 e. The number of hydrogen-bond acceptors (Lipinski definition) is 1. The van der Waals surface area contributed by atoms with Crippen LogP contribution in [0, 0.1) is 11.8 Å². The monoisotopic (exact) mass is 185 g/mol. The standard InChI is InChI=1S/C11H20FN/c1-9-8-13(7-6-12)11-5-3-2-4-10(9)11/h9-11H,2-8H2,1H3. The highest BCUT2D eigenvalue weighted by Crippen LogP contribution is 2.39. The van der Waals surface area contributed by atoms with Crippen molar-refractivity contribution in [2.24, 2.45) is 11.8 Å². The molecule has 2 fully saturated rings. The fraction of sp³-hybridized carbons (Fsp3) is 1.00. The van der Waals surface area contributed by atoms with Gasteiger partial charge in [0.1, 0.15) is 6.67 Å². The molecule has 1 aliphatic heterocycles. The zero-order chi connectivity index (χ0) is 9.26. The van der Waals surface area contributed by atoms with E-state index in [1.807, 2.05) is 0 Å². The maximum atomic E-state index is 12.3. The van der Waals surface area contributed by atoms with Gasteiger partial charge in [0.05, 0.1) is 0 Å². The summed E-state index contributed by atoms with van der Waals surface area (Å²) in [6, 6.07) is 0.722. The SMILES string of the molecule is CC1CN(CCF)C2CCCCC12. The predicted octanol–water partition coefficient (Wildman–Crippen LogP) is 2.47. The Hall–Kier alpha value is -0.110. The molecule has 1 nitrogen and oxygen atoms in total. The van der Waals surface area contributed by atoms with Gasteiger partial charge in [0.15, 0.2) is 0 Å². The summed E-state index contributed by atoms with van der Waals surface area (Å²) in [6.07, 6.45) is 5.45. The van der Waals surface area contributed by atoms with E-state index < -0.39 is 0 Å². The second-order valence-electron chi connectivity index (χ2n) is 4.68. The first kappa shape index (κ1) is 9.45. The van der Waals surface area contributed by atoms with Crippen molar-refractivity contribution in [1.29, 1.82) is 0 Å². The first-order chi connectivity index (χ1) is 6.33. The number of alkyl halides is 1. The predicted molar refractivity (Wildman–Crippen MR) is 52.5 cm³/mol. The van der Waals surface area contributed by atoms with Gasteiger partial charge in [-0.25, -0.2) is 4.39 Å². The average molecular weight is 185 g/mol. The minimum absolute atomic E-state index is 0.171. The van der Waals surface area contributed by atoms with Crippen LogP contribution in [0.25, 0.3) is 0 Å². The van der Waals surface area contributed by atoms with Crippen molar-refractivity contribution in [3.8, 4) is 0 Å².